The number of fused-ring (bicyclic) bond motifs is 2. The molecule has 2 aromatic carbocycles. The molecule has 0 unspecified atom stereocenters. The molecular formula is C16H18. The Kier molecular flexibility index (Phi) is 1.92. The molecule has 0 heterocycles. The van der Waals surface area contributed by atoms with E-state index < -0.39 is 0 Å². The monoisotopic (exact) mass is 210 g/mol. The second-order valence-electron chi connectivity index (χ2n) is 5.88. The van der Waals surface area contributed by atoms with Gasteiger partial charge in [0.05, 0.1) is 0 Å². The van der Waals surface area contributed by atoms with Gasteiger partial charge in [-0.2, -0.15) is 0 Å². The summed E-state index contributed by atoms with van der Waals surface area (Å²) >= 11 is 0. The molecule has 0 N–H and O–H groups in total. The summed E-state index contributed by atoms with van der Waals surface area (Å²) in [6.45, 7) is 7.02. The Morgan fingerprint density at radius 3 is 2.62 bits per heavy atom. The molecule has 3 rings (SSSR count). The van der Waals surface area contributed by atoms with Crippen molar-refractivity contribution in [3.05, 3.63) is 47.0 Å². The van der Waals surface area contributed by atoms with Crippen LogP contribution in [0.2, 0.25) is 0 Å². The van der Waals surface area contributed by atoms with Crippen molar-refractivity contribution >= 4 is 10.8 Å². The Bertz CT molecular complexity index is 562. The number of hydrogen-bond acceptors (Lipinski definition) is 0. The molecule has 2 aromatic rings. The smallest absolute Gasteiger partial charge is 0.0152 e. The van der Waals surface area contributed by atoms with Gasteiger partial charge in [-0.15, -0.1) is 0 Å². The van der Waals surface area contributed by atoms with Crippen LogP contribution in [0.4, 0.5) is 0 Å². The molecule has 82 valence electrons. The highest BCUT2D eigenvalue weighted by molar-refractivity contribution is 5.88. The summed E-state index contributed by atoms with van der Waals surface area (Å²) in [5.74, 6) is 0. The second-order valence-corrected chi connectivity index (χ2v) is 5.88. The maximum Gasteiger partial charge on any atom is -0.0152 e. The van der Waals surface area contributed by atoms with Gasteiger partial charge in [-0.1, -0.05) is 44.2 Å². The molecule has 0 nitrogen and oxygen atoms in total. The number of aryl methyl sites for hydroxylation is 1. The zero-order valence-electron chi connectivity index (χ0n) is 10.3. The first-order chi connectivity index (χ1) is 7.57. The molecule has 0 spiro atoms. The van der Waals surface area contributed by atoms with Gasteiger partial charge in [0.25, 0.3) is 0 Å². The van der Waals surface area contributed by atoms with Crippen LogP contribution in [0.1, 0.15) is 30.5 Å². The van der Waals surface area contributed by atoms with Crippen molar-refractivity contribution in [2.75, 3.05) is 0 Å². The molecule has 1 aliphatic rings. The predicted molar refractivity (Wildman–Crippen MR) is 69.9 cm³/mol. The third kappa shape index (κ3) is 1.36. The largest absolute Gasteiger partial charge is 0.0616 e. The van der Waals surface area contributed by atoms with Crippen molar-refractivity contribution in [3.8, 4) is 0 Å². The SMILES string of the molecule is Cc1c2c(cc3ccccc13)CC(C)(C)C2. The topological polar surface area (TPSA) is 0 Å². The van der Waals surface area contributed by atoms with Crippen molar-refractivity contribution in [2.45, 2.75) is 33.6 Å². The van der Waals surface area contributed by atoms with Gasteiger partial charge in [0, 0.05) is 0 Å². The van der Waals surface area contributed by atoms with Crippen LogP contribution >= 0.6 is 0 Å². The van der Waals surface area contributed by atoms with Gasteiger partial charge in [0.2, 0.25) is 0 Å². The molecule has 0 amide bonds. The molecular weight excluding hydrogens is 192 g/mol. The van der Waals surface area contributed by atoms with Gasteiger partial charge < -0.3 is 0 Å². The van der Waals surface area contributed by atoms with Crippen LogP contribution in [-0.2, 0) is 12.8 Å². The molecule has 0 heteroatoms. The Balaban J connectivity index is 2.31. The van der Waals surface area contributed by atoms with Gasteiger partial charge >= 0.3 is 0 Å². The molecule has 0 aliphatic heterocycles. The van der Waals surface area contributed by atoms with E-state index in [1.54, 1.807) is 11.1 Å². The zero-order chi connectivity index (χ0) is 11.3. The fraction of sp³-hybridized carbons (Fsp3) is 0.375. The Morgan fingerprint density at radius 1 is 1.06 bits per heavy atom. The van der Waals surface area contributed by atoms with E-state index >= 15 is 0 Å². The van der Waals surface area contributed by atoms with E-state index in [2.05, 4.69) is 51.1 Å². The highest BCUT2D eigenvalue weighted by Crippen LogP contribution is 2.40. The summed E-state index contributed by atoms with van der Waals surface area (Å²) in [6, 6.07) is 11.1. The van der Waals surface area contributed by atoms with Crippen molar-refractivity contribution in [1.82, 2.24) is 0 Å². The van der Waals surface area contributed by atoms with E-state index in [0.29, 0.717) is 5.41 Å². The lowest BCUT2D eigenvalue weighted by Crippen LogP contribution is -2.09. The first-order valence-corrected chi connectivity index (χ1v) is 6.07. The van der Waals surface area contributed by atoms with Gasteiger partial charge in [0.1, 0.15) is 0 Å². The minimum atomic E-state index is 0.449. The fourth-order valence-electron chi connectivity index (χ4n) is 3.10. The maximum atomic E-state index is 2.40. The maximum absolute atomic E-state index is 2.40. The number of rotatable bonds is 0. The molecule has 0 saturated carbocycles. The summed E-state index contributed by atoms with van der Waals surface area (Å²) in [5.41, 5.74) is 5.12. The van der Waals surface area contributed by atoms with Crippen molar-refractivity contribution in [1.29, 1.82) is 0 Å². The molecule has 0 aromatic heterocycles. The van der Waals surface area contributed by atoms with Crippen LogP contribution in [0.15, 0.2) is 30.3 Å². The molecule has 0 radical (unpaired) electrons. The Labute approximate surface area is 97.3 Å². The minimum absolute atomic E-state index is 0.449. The first kappa shape index (κ1) is 9.89. The standard InChI is InChI=1S/C16H18/c1-11-14-7-5-4-6-12(14)8-13-9-16(2,3)10-15(11)13/h4-8H,9-10H2,1-3H3. The van der Waals surface area contributed by atoms with E-state index in [0.717, 1.165) is 0 Å². The number of benzene rings is 2. The van der Waals surface area contributed by atoms with E-state index in [1.165, 1.54) is 29.2 Å². The average molecular weight is 210 g/mol. The zero-order valence-corrected chi connectivity index (χ0v) is 10.3. The van der Waals surface area contributed by atoms with Crippen LogP contribution < -0.4 is 0 Å². The Hall–Kier alpha value is -1.30. The first-order valence-electron chi connectivity index (χ1n) is 6.07. The summed E-state index contributed by atoms with van der Waals surface area (Å²) in [4.78, 5) is 0. The lowest BCUT2D eigenvalue weighted by Gasteiger charge is -2.15. The quantitative estimate of drug-likeness (QED) is 0.609. The normalized spacial score (nSPS) is 17.7. The van der Waals surface area contributed by atoms with Crippen LogP contribution in [-0.4, -0.2) is 0 Å². The molecule has 0 bridgehead atoms. The van der Waals surface area contributed by atoms with E-state index in [1.807, 2.05) is 0 Å². The lowest BCUT2D eigenvalue weighted by atomic mass is 9.90. The van der Waals surface area contributed by atoms with E-state index in [4.69, 9.17) is 0 Å². The lowest BCUT2D eigenvalue weighted by molar-refractivity contribution is 0.392. The van der Waals surface area contributed by atoms with E-state index in [9.17, 15) is 0 Å². The number of hydrogen-bond donors (Lipinski definition) is 0. The molecule has 1 aliphatic carbocycles. The minimum Gasteiger partial charge on any atom is -0.0616 e. The fourth-order valence-corrected chi connectivity index (χ4v) is 3.10. The van der Waals surface area contributed by atoms with Gasteiger partial charge in [-0.05, 0) is 52.6 Å². The summed E-state index contributed by atoms with van der Waals surface area (Å²) in [7, 11) is 0. The van der Waals surface area contributed by atoms with Crippen molar-refractivity contribution < 1.29 is 0 Å². The third-order valence-corrected chi connectivity index (χ3v) is 3.86. The van der Waals surface area contributed by atoms with Crippen LogP contribution in [0.25, 0.3) is 10.8 Å². The third-order valence-electron chi connectivity index (χ3n) is 3.86. The van der Waals surface area contributed by atoms with Crippen LogP contribution in [0, 0.1) is 12.3 Å². The molecule has 0 fully saturated rings. The molecule has 0 atom stereocenters. The van der Waals surface area contributed by atoms with Gasteiger partial charge in [-0.25, -0.2) is 0 Å². The Morgan fingerprint density at radius 2 is 1.81 bits per heavy atom. The van der Waals surface area contributed by atoms with Crippen molar-refractivity contribution in [3.63, 3.8) is 0 Å². The van der Waals surface area contributed by atoms with Gasteiger partial charge in [0.15, 0.2) is 0 Å². The molecule has 16 heavy (non-hydrogen) atoms. The van der Waals surface area contributed by atoms with Crippen LogP contribution in [0.3, 0.4) is 0 Å². The summed E-state index contributed by atoms with van der Waals surface area (Å²) < 4.78 is 0. The van der Waals surface area contributed by atoms with E-state index in [-0.39, 0.29) is 0 Å². The summed E-state index contributed by atoms with van der Waals surface area (Å²) in [6.07, 6.45) is 2.47. The predicted octanol–water partition coefficient (Wildman–Crippen LogP) is 4.27. The van der Waals surface area contributed by atoms with Crippen molar-refractivity contribution in [2.24, 2.45) is 5.41 Å². The summed E-state index contributed by atoms with van der Waals surface area (Å²) in [5, 5.41) is 2.83. The van der Waals surface area contributed by atoms with Crippen LogP contribution in [0.5, 0.6) is 0 Å². The second kappa shape index (κ2) is 3.10. The highest BCUT2D eigenvalue weighted by atomic mass is 14.3. The molecule has 0 saturated heterocycles. The average Bonchev–Trinajstić information content (AvgIpc) is 2.53. The highest BCUT2D eigenvalue weighted by Gasteiger charge is 2.29. The van der Waals surface area contributed by atoms with Gasteiger partial charge in [-0.3, -0.25) is 0 Å².